The molecule has 0 aromatic carbocycles. The van der Waals surface area contributed by atoms with Gasteiger partial charge in [-0.15, -0.1) is 0 Å². The molecule has 2 fully saturated rings. The van der Waals surface area contributed by atoms with Crippen molar-refractivity contribution < 1.29 is 14.7 Å². The molecule has 1 saturated heterocycles. The first kappa shape index (κ1) is 12.7. The highest BCUT2D eigenvalue weighted by Crippen LogP contribution is 2.38. The summed E-state index contributed by atoms with van der Waals surface area (Å²) in [6.45, 7) is 2.83. The zero-order chi connectivity index (χ0) is 12.5. The second-order valence-electron chi connectivity index (χ2n) is 5.25. The Balaban J connectivity index is 1.79. The van der Waals surface area contributed by atoms with E-state index in [0.717, 1.165) is 12.2 Å². The number of carboxylic acids is 1. The van der Waals surface area contributed by atoms with Crippen LogP contribution in [-0.4, -0.2) is 34.0 Å². The zero-order valence-electron chi connectivity index (χ0n) is 10.1. The Bertz CT molecular complexity index is 326. The molecule has 2 aliphatic rings. The van der Waals surface area contributed by atoms with Crippen molar-refractivity contribution in [2.75, 3.05) is 12.3 Å². The summed E-state index contributed by atoms with van der Waals surface area (Å²) in [4.78, 5) is 22.7. The average molecular weight is 257 g/mol. The molecule has 1 saturated carbocycles. The highest BCUT2D eigenvalue weighted by Gasteiger charge is 2.42. The van der Waals surface area contributed by atoms with Crippen molar-refractivity contribution in [2.24, 2.45) is 11.8 Å². The fraction of sp³-hybridized carbons (Fsp3) is 0.833. The van der Waals surface area contributed by atoms with Gasteiger partial charge < -0.3 is 10.4 Å². The van der Waals surface area contributed by atoms with E-state index < -0.39 is 11.9 Å². The van der Waals surface area contributed by atoms with E-state index in [4.69, 9.17) is 5.11 Å². The largest absolute Gasteiger partial charge is 0.481 e. The van der Waals surface area contributed by atoms with Crippen LogP contribution in [-0.2, 0) is 9.59 Å². The second-order valence-corrected chi connectivity index (χ2v) is 6.93. The van der Waals surface area contributed by atoms with Crippen LogP contribution in [0.25, 0.3) is 0 Å². The summed E-state index contributed by atoms with van der Waals surface area (Å²) in [6, 6.07) is 0. The molecule has 0 radical (unpaired) electrons. The monoisotopic (exact) mass is 257 g/mol. The van der Waals surface area contributed by atoms with Crippen LogP contribution in [0.15, 0.2) is 0 Å². The Kier molecular flexibility index (Phi) is 3.66. The molecular formula is C12H19NO3S. The van der Waals surface area contributed by atoms with E-state index in [2.05, 4.69) is 12.2 Å². The van der Waals surface area contributed by atoms with E-state index in [0.29, 0.717) is 19.4 Å². The van der Waals surface area contributed by atoms with Crippen LogP contribution in [0.5, 0.6) is 0 Å². The molecule has 17 heavy (non-hydrogen) atoms. The van der Waals surface area contributed by atoms with Gasteiger partial charge in [-0.1, -0.05) is 0 Å². The molecule has 0 bridgehead atoms. The number of rotatable bonds is 4. The van der Waals surface area contributed by atoms with Crippen molar-refractivity contribution in [2.45, 2.75) is 37.4 Å². The summed E-state index contributed by atoms with van der Waals surface area (Å²) < 4.78 is 0.151. The molecule has 3 atom stereocenters. The number of nitrogens with one attached hydrogen (secondary N) is 1. The van der Waals surface area contributed by atoms with Gasteiger partial charge in [0.2, 0.25) is 5.91 Å². The number of carbonyl (C=O) groups is 2. The average Bonchev–Trinajstić information content (AvgIpc) is 2.60. The van der Waals surface area contributed by atoms with Crippen LogP contribution in [0.1, 0.15) is 32.6 Å². The van der Waals surface area contributed by atoms with E-state index in [-0.39, 0.29) is 16.6 Å². The lowest BCUT2D eigenvalue weighted by atomic mass is 9.73. The van der Waals surface area contributed by atoms with Crippen molar-refractivity contribution in [3.8, 4) is 0 Å². The lowest BCUT2D eigenvalue weighted by molar-refractivity contribution is -0.152. The fourth-order valence-corrected chi connectivity index (χ4v) is 3.74. The van der Waals surface area contributed by atoms with Crippen molar-refractivity contribution in [1.29, 1.82) is 0 Å². The van der Waals surface area contributed by atoms with Crippen LogP contribution in [0.4, 0.5) is 0 Å². The van der Waals surface area contributed by atoms with Gasteiger partial charge >= 0.3 is 5.97 Å². The predicted molar refractivity (Wildman–Crippen MR) is 67.0 cm³/mol. The Labute approximate surface area is 106 Å². The molecule has 5 heteroatoms. The highest BCUT2D eigenvalue weighted by atomic mass is 32.2. The molecular weight excluding hydrogens is 238 g/mol. The number of aliphatic carboxylic acids is 1. The number of hydrogen-bond donors (Lipinski definition) is 2. The minimum atomic E-state index is -0.835. The third kappa shape index (κ3) is 2.76. The molecule has 4 nitrogen and oxygen atoms in total. The quantitative estimate of drug-likeness (QED) is 0.801. The Morgan fingerprint density at radius 3 is 2.59 bits per heavy atom. The minimum Gasteiger partial charge on any atom is -0.481 e. The van der Waals surface area contributed by atoms with Crippen molar-refractivity contribution in [1.82, 2.24) is 5.32 Å². The summed E-state index contributed by atoms with van der Waals surface area (Å²) in [6.07, 6.45) is 3.69. The summed E-state index contributed by atoms with van der Waals surface area (Å²) in [7, 11) is 0. The molecule has 1 aliphatic heterocycles. The lowest BCUT2D eigenvalue weighted by Crippen LogP contribution is -2.47. The molecule has 96 valence electrons. The third-order valence-electron chi connectivity index (χ3n) is 3.87. The molecule has 1 amide bonds. The van der Waals surface area contributed by atoms with Gasteiger partial charge in [-0.3, -0.25) is 9.59 Å². The second kappa shape index (κ2) is 4.88. The van der Waals surface area contributed by atoms with Gasteiger partial charge in [0.05, 0.1) is 11.8 Å². The molecule has 0 aromatic heterocycles. The standard InChI is InChI=1S/C12H19NO3S/c1-12(5-2-6-17-12)7-13-10(14)8-3-4-9(8)11(15)16/h8-9H,2-7H2,1H3,(H,13,14)(H,15,16). The summed E-state index contributed by atoms with van der Waals surface area (Å²) in [5.74, 6) is -0.509. The number of thioether (sulfide) groups is 1. The topological polar surface area (TPSA) is 66.4 Å². The highest BCUT2D eigenvalue weighted by molar-refractivity contribution is 8.00. The minimum absolute atomic E-state index is 0.0719. The van der Waals surface area contributed by atoms with Gasteiger partial charge in [0.15, 0.2) is 0 Å². The van der Waals surface area contributed by atoms with Crippen LogP contribution in [0.3, 0.4) is 0 Å². The predicted octanol–water partition coefficient (Wildman–Crippen LogP) is 1.50. The van der Waals surface area contributed by atoms with E-state index in [1.54, 1.807) is 0 Å². The van der Waals surface area contributed by atoms with Crippen LogP contribution >= 0.6 is 11.8 Å². The van der Waals surface area contributed by atoms with Gasteiger partial charge in [0.1, 0.15) is 0 Å². The molecule has 2 N–H and O–H groups in total. The van der Waals surface area contributed by atoms with E-state index in [9.17, 15) is 9.59 Å². The number of carboxylic acid groups (broad SMARTS) is 1. The fourth-order valence-electron chi connectivity index (χ4n) is 2.49. The smallest absolute Gasteiger partial charge is 0.307 e. The Hall–Kier alpha value is -0.710. The number of hydrogen-bond acceptors (Lipinski definition) is 3. The summed E-state index contributed by atoms with van der Waals surface area (Å²) in [5.41, 5.74) is 0. The van der Waals surface area contributed by atoms with Crippen LogP contribution < -0.4 is 5.32 Å². The first-order valence-corrected chi connectivity index (χ1v) is 7.15. The Morgan fingerprint density at radius 1 is 1.41 bits per heavy atom. The van der Waals surface area contributed by atoms with Gasteiger partial charge in [0.25, 0.3) is 0 Å². The van der Waals surface area contributed by atoms with Gasteiger partial charge in [0, 0.05) is 11.3 Å². The maximum atomic E-state index is 11.9. The van der Waals surface area contributed by atoms with Crippen molar-refractivity contribution in [3.63, 3.8) is 0 Å². The van der Waals surface area contributed by atoms with Gasteiger partial charge in [-0.25, -0.2) is 0 Å². The molecule has 3 unspecified atom stereocenters. The third-order valence-corrected chi connectivity index (χ3v) is 5.40. The molecule has 1 aliphatic carbocycles. The maximum absolute atomic E-state index is 11.9. The zero-order valence-corrected chi connectivity index (χ0v) is 10.9. The van der Waals surface area contributed by atoms with E-state index in [1.165, 1.54) is 6.42 Å². The number of amides is 1. The maximum Gasteiger partial charge on any atom is 0.307 e. The van der Waals surface area contributed by atoms with Crippen molar-refractivity contribution in [3.05, 3.63) is 0 Å². The summed E-state index contributed by atoms with van der Waals surface area (Å²) >= 11 is 1.90. The lowest BCUT2D eigenvalue weighted by Gasteiger charge is -2.33. The molecule has 0 spiro atoms. The first-order valence-electron chi connectivity index (χ1n) is 6.16. The molecule has 2 rings (SSSR count). The molecule has 0 aromatic rings. The molecule has 1 heterocycles. The van der Waals surface area contributed by atoms with Gasteiger partial charge in [-0.2, -0.15) is 11.8 Å². The Morgan fingerprint density at radius 2 is 2.12 bits per heavy atom. The first-order chi connectivity index (χ1) is 8.02. The summed E-state index contributed by atoms with van der Waals surface area (Å²) in [5, 5.41) is 11.8. The SMILES string of the molecule is CC1(CNC(=O)C2CCC2C(=O)O)CCCS1. The van der Waals surface area contributed by atoms with E-state index in [1.807, 2.05) is 11.8 Å². The van der Waals surface area contributed by atoms with Crippen molar-refractivity contribution >= 4 is 23.6 Å². The van der Waals surface area contributed by atoms with Crippen LogP contribution in [0, 0.1) is 11.8 Å². The van der Waals surface area contributed by atoms with E-state index >= 15 is 0 Å². The normalized spacial score (nSPS) is 36.3. The number of carbonyl (C=O) groups excluding carboxylic acids is 1. The van der Waals surface area contributed by atoms with Crippen LogP contribution in [0.2, 0.25) is 0 Å². The van der Waals surface area contributed by atoms with Gasteiger partial charge in [-0.05, 0) is 38.4 Å².